The fourth-order valence-electron chi connectivity index (χ4n) is 7.27. The van der Waals surface area contributed by atoms with Crippen molar-refractivity contribution in [3.8, 4) is 11.6 Å². The molecule has 3 heterocycles. The number of benzene rings is 1. The van der Waals surface area contributed by atoms with Crippen LogP contribution in [0.15, 0.2) is 18.2 Å². The van der Waals surface area contributed by atoms with Gasteiger partial charge in [-0.05, 0) is 62.5 Å². The average Bonchev–Trinajstić information content (AvgIpc) is 3.51. The first-order chi connectivity index (χ1) is 21.3. The third kappa shape index (κ3) is 7.12. The summed E-state index contributed by atoms with van der Waals surface area (Å²) in [4.78, 5) is 38.9. The Kier molecular flexibility index (Phi) is 10.0. The van der Waals surface area contributed by atoms with Crippen molar-refractivity contribution in [3.05, 3.63) is 23.9 Å². The molecule has 2 fully saturated rings. The number of ketones is 1. The Morgan fingerprint density at radius 2 is 1.89 bits per heavy atom. The number of carbonyl (C=O) groups is 2. The molecule has 1 saturated carbocycles. The predicted octanol–water partition coefficient (Wildman–Crippen LogP) is 5.81. The molecule has 1 amide bonds. The molecule has 2 aromatic rings. The van der Waals surface area contributed by atoms with E-state index in [0.29, 0.717) is 34.8 Å². The van der Waals surface area contributed by atoms with E-state index in [9.17, 15) is 9.59 Å². The smallest absolute Gasteiger partial charge is 0.241 e. The Hall–Kier alpha value is -2.85. The number of halogens is 1. The van der Waals surface area contributed by atoms with Gasteiger partial charge >= 0.3 is 0 Å². The van der Waals surface area contributed by atoms with Crippen molar-refractivity contribution in [1.29, 1.82) is 0 Å². The van der Waals surface area contributed by atoms with Crippen LogP contribution in [0.1, 0.15) is 92.2 Å². The normalized spacial score (nSPS) is 30.4. The number of ether oxygens (including phenoxy) is 3. The molecule has 45 heavy (non-hydrogen) atoms. The van der Waals surface area contributed by atoms with E-state index in [0.717, 1.165) is 44.9 Å². The molecule has 1 saturated heterocycles. The van der Waals surface area contributed by atoms with Gasteiger partial charge in [-0.3, -0.25) is 14.9 Å². The molecule has 0 spiro atoms. The molecule has 0 radical (unpaired) electrons. The molecule has 3 aliphatic rings. The summed E-state index contributed by atoms with van der Waals surface area (Å²) in [7, 11) is 1.59. The zero-order chi connectivity index (χ0) is 32.5. The molecule has 6 unspecified atom stereocenters. The fraction of sp³-hybridized carbons (Fsp3) is 0.714. The summed E-state index contributed by atoms with van der Waals surface area (Å²) < 4.78 is 34.7. The second kappa shape index (κ2) is 13.5. The number of aryl methyl sites for hydroxylation is 1. The number of hydrogen-bond donors (Lipinski definition) is 1. The highest BCUT2D eigenvalue weighted by molar-refractivity contribution is 5.93. The molecule has 1 N–H and O–H groups in total. The van der Waals surface area contributed by atoms with Gasteiger partial charge in [0.1, 0.15) is 17.5 Å². The predicted molar refractivity (Wildman–Crippen MR) is 171 cm³/mol. The van der Waals surface area contributed by atoms with Gasteiger partial charge in [0, 0.05) is 12.0 Å². The lowest BCUT2D eigenvalue weighted by Gasteiger charge is -2.37. The van der Waals surface area contributed by atoms with Gasteiger partial charge in [-0.1, -0.05) is 53.9 Å². The van der Waals surface area contributed by atoms with Gasteiger partial charge in [0.05, 0.1) is 43.1 Å². The SMILES string of the molecule is COc1ccc2nc3c(nc2c1)OC1CN(C(=O)C(C(C)(C)C)NCOC2(C)CCCC2CCCCC3)C(C(=O)C(C)C)C1F. The van der Waals surface area contributed by atoms with E-state index >= 15 is 4.39 Å². The largest absolute Gasteiger partial charge is 0.497 e. The van der Waals surface area contributed by atoms with Crippen LogP contribution >= 0.6 is 0 Å². The second-order valence-electron chi connectivity index (χ2n) is 14.7. The van der Waals surface area contributed by atoms with Crippen molar-refractivity contribution in [2.45, 2.75) is 123 Å². The van der Waals surface area contributed by atoms with Gasteiger partial charge in [-0.2, -0.15) is 0 Å². The van der Waals surface area contributed by atoms with E-state index in [4.69, 9.17) is 24.2 Å². The summed E-state index contributed by atoms with van der Waals surface area (Å²) in [5, 5.41) is 3.36. The molecule has 248 valence electrons. The number of nitrogens with one attached hydrogen (secondary N) is 1. The van der Waals surface area contributed by atoms with Crippen LogP contribution in [0.25, 0.3) is 11.0 Å². The van der Waals surface area contributed by atoms with Crippen LogP contribution < -0.4 is 14.8 Å². The first kappa shape index (κ1) is 33.5. The van der Waals surface area contributed by atoms with Crippen molar-refractivity contribution in [2.75, 3.05) is 20.4 Å². The first-order valence-electron chi connectivity index (χ1n) is 16.7. The molecule has 6 atom stereocenters. The number of Topliss-reactive ketones (excluding diaryl/α,β-unsaturated/α-hetero) is 1. The van der Waals surface area contributed by atoms with E-state index in [1.807, 2.05) is 32.9 Å². The Morgan fingerprint density at radius 3 is 2.60 bits per heavy atom. The Morgan fingerprint density at radius 1 is 1.13 bits per heavy atom. The van der Waals surface area contributed by atoms with Crippen LogP contribution in [0.2, 0.25) is 0 Å². The topological polar surface area (TPSA) is 103 Å². The minimum atomic E-state index is -1.73. The molecule has 1 aliphatic carbocycles. The first-order valence-corrected chi connectivity index (χ1v) is 16.7. The lowest BCUT2D eigenvalue weighted by Crippen LogP contribution is -2.57. The Labute approximate surface area is 267 Å². The van der Waals surface area contributed by atoms with Gasteiger partial charge in [0.2, 0.25) is 11.8 Å². The molecule has 2 bridgehead atoms. The monoisotopic (exact) mass is 626 g/mol. The van der Waals surface area contributed by atoms with Gasteiger partial charge in [0.15, 0.2) is 18.1 Å². The Balaban J connectivity index is 1.54. The van der Waals surface area contributed by atoms with Crippen molar-refractivity contribution in [2.24, 2.45) is 17.3 Å². The van der Waals surface area contributed by atoms with E-state index in [2.05, 4.69) is 12.2 Å². The number of carbonyl (C=O) groups excluding carboxylic acids is 2. The number of hydrogen-bond acceptors (Lipinski definition) is 8. The summed E-state index contributed by atoms with van der Waals surface area (Å²) >= 11 is 0. The zero-order valence-corrected chi connectivity index (χ0v) is 28.0. The minimum absolute atomic E-state index is 0.0741. The maximum atomic E-state index is 16.4. The Bertz CT molecular complexity index is 1380. The summed E-state index contributed by atoms with van der Waals surface area (Å²) in [5.74, 6) is 0.197. The standard InChI is InChI=1S/C35H51FN4O5/c1-21(2)30(41)29-28(36)27-19-40(29)33(42)31(34(3,4)5)37-20-44-35(6)17-11-13-22(35)12-9-8-10-14-25-32(45-27)39-26-18-23(43-7)15-16-24(26)38-25/h15-16,18,21-22,27-29,31,37H,8-14,17,19-20H2,1-7H3. The van der Waals surface area contributed by atoms with Gasteiger partial charge in [-0.15, -0.1) is 0 Å². The van der Waals surface area contributed by atoms with E-state index < -0.39 is 35.7 Å². The van der Waals surface area contributed by atoms with Crippen LogP contribution in [0, 0.1) is 17.3 Å². The van der Waals surface area contributed by atoms with Gasteiger partial charge < -0.3 is 19.1 Å². The highest BCUT2D eigenvalue weighted by Crippen LogP contribution is 2.42. The van der Waals surface area contributed by atoms with Gasteiger partial charge in [-0.25, -0.2) is 14.4 Å². The number of rotatable bonds is 3. The zero-order valence-electron chi connectivity index (χ0n) is 28.0. The number of alkyl halides is 1. The third-order valence-electron chi connectivity index (χ3n) is 10.0. The maximum absolute atomic E-state index is 16.4. The number of methoxy groups -OCH3 is 1. The lowest BCUT2D eigenvalue weighted by atomic mass is 9.85. The maximum Gasteiger partial charge on any atom is 0.241 e. The second-order valence-corrected chi connectivity index (χ2v) is 14.7. The lowest BCUT2D eigenvalue weighted by molar-refractivity contribution is -0.145. The molecule has 10 heteroatoms. The van der Waals surface area contributed by atoms with E-state index in [1.165, 1.54) is 4.90 Å². The summed E-state index contributed by atoms with van der Waals surface area (Å²) in [5.41, 5.74) is 1.13. The van der Waals surface area contributed by atoms with Gasteiger partial charge in [0.25, 0.3) is 0 Å². The van der Waals surface area contributed by atoms with Crippen molar-refractivity contribution < 1.29 is 28.2 Å². The van der Waals surface area contributed by atoms with Crippen LogP contribution in [0.4, 0.5) is 4.39 Å². The quantitative estimate of drug-likeness (QED) is 0.455. The number of nitrogens with zero attached hydrogens (tertiary/aromatic N) is 3. The van der Waals surface area contributed by atoms with Crippen molar-refractivity contribution in [1.82, 2.24) is 20.2 Å². The summed E-state index contributed by atoms with van der Waals surface area (Å²) in [6, 6.07) is 3.52. The molecule has 5 rings (SSSR count). The highest BCUT2D eigenvalue weighted by atomic mass is 19.1. The highest BCUT2D eigenvalue weighted by Gasteiger charge is 2.52. The molecule has 9 nitrogen and oxygen atoms in total. The molecule has 2 aliphatic heterocycles. The van der Waals surface area contributed by atoms with E-state index in [1.54, 1.807) is 27.0 Å². The molecular formula is C35H51FN4O5. The third-order valence-corrected chi connectivity index (χ3v) is 10.0. The number of aromatic nitrogens is 2. The molecule has 1 aromatic carbocycles. The number of amides is 1. The van der Waals surface area contributed by atoms with Crippen LogP contribution in [0.3, 0.4) is 0 Å². The number of fused-ring (bicyclic) bond motifs is 5. The summed E-state index contributed by atoms with van der Waals surface area (Å²) in [6.07, 6.45) is 5.08. The average molecular weight is 627 g/mol. The summed E-state index contributed by atoms with van der Waals surface area (Å²) in [6.45, 7) is 11.7. The van der Waals surface area contributed by atoms with Crippen LogP contribution in [-0.4, -0.2) is 76.9 Å². The van der Waals surface area contributed by atoms with Crippen LogP contribution in [0.5, 0.6) is 11.6 Å². The van der Waals surface area contributed by atoms with Crippen LogP contribution in [-0.2, 0) is 20.7 Å². The molecule has 1 aromatic heterocycles. The molecular weight excluding hydrogens is 575 g/mol. The van der Waals surface area contributed by atoms with E-state index in [-0.39, 0.29) is 36.4 Å². The fourth-order valence-corrected chi connectivity index (χ4v) is 7.27. The van der Waals surface area contributed by atoms with Crippen molar-refractivity contribution in [3.63, 3.8) is 0 Å². The van der Waals surface area contributed by atoms with Crippen molar-refractivity contribution >= 4 is 22.7 Å². The minimum Gasteiger partial charge on any atom is -0.497 e.